The molecule has 0 radical (unpaired) electrons. The molecule has 108 valence electrons. The summed E-state index contributed by atoms with van der Waals surface area (Å²) in [6, 6.07) is 0. The summed E-state index contributed by atoms with van der Waals surface area (Å²) < 4.78 is 5.70. The van der Waals surface area contributed by atoms with Gasteiger partial charge in [-0.05, 0) is 31.6 Å². The first-order valence-corrected chi connectivity index (χ1v) is 7.49. The van der Waals surface area contributed by atoms with E-state index >= 15 is 0 Å². The van der Waals surface area contributed by atoms with Crippen molar-refractivity contribution in [2.24, 2.45) is 29.1 Å². The van der Waals surface area contributed by atoms with Crippen molar-refractivity contribution in [2.45, 2.75) is 58.7 Å². The Morgan fingerprint density at radius 2 is 2.05 bits per heavy atom. The molecule has 4 nitrogen and oxygen atoms in total. The molecule has 0 bridgehead atoms. The monoisotopic (exact) mass is 268 g/mol. The Morgan fingerprint density at radius 1 is 1.32 bits per heavy atom. The predicted octanol–water partition coefficient (Wildman–Crippen LogP) is 2.87. The van der Waals surface area contributed by atoms with Gasteiger partial charge in [-0.15, -0.1) is 0 Å². The second kappa shape index (κ2) is 4.45. The lowest BCUT2D eigenvalue weighted by molar-refractivity contribution is -0.327. The van der Waals surface area contributed by atoms with Gasteiger partial charge in [0.2, 0.25) is 0 Å². The topological polar surface area (TPSA) is 55.8 Å². The number of esters is 1. The average Bonchev–Trinajstić information content (AvgIpc) is 2.65. The smallest absolute Gasteiger partial charge is 0.309 e. The van der Waals surface area contributed by atoms with Crippen molar-refractivity contribution in [3.05, 3.63) is 0 Å². The average molecular weight is 268 g/mol. The summed E-state index contributed by atoms with van der Waals surface area (Å²) in [7, 11) is 0. The summed E-state index contributed by atoms with van der Waals surface area (Å²) >= 11 is 0. The van der Waals surface area contributed by atoms with E-state index in [9.17, 15) is 10.1 Å². The summed E-state index contributed by atoms with van der Waals surface area (Å²) in [6.45, 7) is 6.43. The molecule has 3 rings (SSSR count). The minimum atomic E-state index is -0.121. The van der Waals surface area contributed by atoms with Crippen molar-refractivity contribution >= 4 is 5.97 Å². The summed E-state index contributed by atoms with van der Waals surface area (Å²) in [4.78, 5) is 16.6. The first-order chi connectivity index (χ1) is 8.99. The molecule has 0 aromatic heterocycles. The maximum atomic E-state index is 11.9. The van der Waals surface area contributed by atoms with E-state index in [4.69, 9.17) is 9.62 Å². The van der Waals surface area contributed by atoms with E-state index in [0.717, 1.165) is 25.7 Å². The second-order valence-electron chi connectivity index (χ2n) is 7.07. The van der Waals surface area contributed by atoms with Crippen molar-refractivity contribution in [3.63, 3.8) is 0 Å². The summed E-state index contributed by atoms with van der Waals surface area (Å²) in [5, 5.41) is 9.22. The normalized spacial score (nSPS) is 53.4. The number of ether oxygens (including phenoxy) is 1. The number of rotatable bonds is 1. The molecule has 1 heterocycles. The molecular weight excluding hydrogens is 244 g/mol. The van der Waals surface area contributed by atoms with Gasteiger partial charge in [0.25, 0.3) is 0 Å². The van der Waals surface area contributed by atoms with Gasteiger partial charge in [0.15, 0.2) is 0 Å². The van der Waals surface area contributed by atoms with Crippen LogP contribution < -0.4 is 0 Å². The third kappa shape index (κ3) is 1.76. The highest BCUT2D eigenvalue weighted by Gasteiger charge is 2.60. The first-order valence-electron chi connectivity index (χ1n) is 7.49. The Morgan fingerprint density at radius 3 is 2.74 bits per heavy atom. The Labute approximate surface area is 114 Å². The second-order valence-corrected chi connectivity index (χ2v) is 7.07. The third-order valence-electron chi connectivity index (χ3n) is 6.18. The van der Waals surface area contributed by atoms with Crippen LogP contribution in [0.25, 0.3) is 0 Å². The largest absolute Gasteiger partial charge is 0.462 e. The lowest BCUT2D eigenvalue weighted by Gasteiger charge is -2.54. The molecule has 2 aliphatic carbocycles. The molecule has 0 aromatic carbocycles. The quantitative estimate of drug-likeness (QED) is 0.451. The number of carbonyl (C=O) groups excluding carboxylic acids is 1. The molecule has 1 aliphatic heterocycles. The van der Waals surface area contributed by atoms with Crippen LogP contribution in [-0.2, 0) is 14.4 Å². The van der Waals surface area contributed by atoms with Gasteiger partial charge in [0.05, 0.1) is 12.0 Å². The summed E-state index contributed by atoms with van der Waals surface area (Å²) in [5.74, 6) is 1.16. The van der Waals surface area contributed by atoms with Crippen LogP contribution in [0.2, 0.25) is 0 Å². The lowest BCUT2D eigenvalue weighted by atomic mass is 9.52. The number of carbonyl (C=O) groups is 1. The minimum Gasteiger partial charge on any atom is -0.462 e. The molecule has 3 aliphatic rings. The van der Waals surface area contributed by atoms with Crippen molar-refractivity contribution in [2.75, 3.05) is 0 Å². The van der Waals surface area contributed by atoms with Gasteiger partial charge in [-0.2, -0.15) is 0 Å². The Hall–Kier alpha value is -0.610. The Balaban J connectivity index is 1.94. The molecule has 3 fully saturated rings. The SMILES string of the molecule is C[C@@H]1C(=O)O[C@@H]2C3[C@@H](C)CCC(OO)[C@]3(C)CC[C@@H]12. The van der Waals surface area contributed by atoms with E-state index < -0.39 is 0 Å². The zero-order valence-electron chi connectivity index (χ0n) is 12.0. The molecule has 0 spiro atoms. The molecule has 1 saturated heterocycles. The van der Waals surface area contributed by atoms with Crippen molar-refractivity contribution < 1.29 is 19.7 Å². The van der Waals surface area contributed by atoms with Gasteiger partial charge in [-0.3, -0.25) is 10.1 Å². The summed E-state index contributed by atoms with van der Waals surface area (Å²) in [6.07, 6.45) is 3.83. The van der Waals surface area contributed by atoms with E-state index in [-0.39, 0.29) is 29.5 Å². The van der Waals surface area contributed by atoms with Gasteiger partial charge in [0, 0.05) is 17.3 Å². The van der Waals surface area contributed by atoms with Crippen LogP contribution >= 0.6 is 0 Å². The molecule has 0 aromatic rings. The van der Waals surface area contributed by atoms with E-state index in [1.54, 1.807) is 0 Å². The molecule has 4 heteroatoms. The van der Waals surface area contributed by atoms with Gasteiger partial charge >= 0.3 is 5.97 Å². The van der Waals surface area contributed by atoms with E-state index in [0.29, 0.717) is 17.8 Å². The van der Waals surface area contributed by atoms with Crippen molar-refractivity contribution in [1.82, 2.24) is 0 Å². The fraction of sp³-hybridized carbons (Fsp3) is 0.933. The van der Waals surface area contributed by atoms with E-state index in [2.05, 4.69) is 13.8 Å². The molecule has 0 amide bonds. The first kappa shape index (κ1) is 13.4. The zero-order valence-corrected chi connectivity index (χ0v) is 12.0. The highest BCUT2D eigenvalue weighted by molar-refractivity contribution is 5.75. The van der Waals surface area contributed by atoms with E-state index in [1.807, 2.05) is 6.92 Å². The number of fused-ring (bicyclic) bond motifs is 3. The number of hydrogen-bond acceptors (Lipinski definition) is 4. The van der Waals surface area contributed by atoms with Gasteiger partial charge in [-0.25, -0.2) is 4.89 Å². The van der Waals surface area contributed by atoms with Gasteiger partial charge < -0.3 is 4.74 Å². The fourth-order valence-corrected chi connectivity index (χ4v) is 5.01. The van der Waals surface area contributed by atoms with Crippen molar-refractivity contribution in [1.29, 1.82) is 0 Å². The standard InChI is InChI=1S/C15H24O4/c1-8-4-5-11(19-17)15(3)7-6-10-9(2)14(16)18-13(10)12(8)15/h8-13,17H,4-7H2,1-3H3/t8-,9-,10-,11?,12?,13-,15-/m0/s1. The molecule has 7 atom stereocenters. The van der Waals surface area contributed by atoms with Crippen LogP contribution in [0, 0.1) is 29.1 Å². The van der Waals surface area contributed by atoms with E-state index in [1.165, 1.54) is 0 Å². The molecule has 2 saturated carbocycles. The van der Waals surface area contributed by atoms with Crippen LogP contribution in [0.1, 0.15) is 46.5 Å². The molecule has 19 heavy (non-hydrogen) atoms. The van der Waals surface area contributed by atoms with Crippen LogP contribution in [0.15, 0.2) is 0 Å². The van der Waals surface area contributed by atoms with Gasteiger partial charge in [0.1, 0.15) is 6.10 Å². The maximum Gasteiger partial charge on any atom is 0.309 e. The molecule has 1 N–H and O–H groups in total. The van der Waals surface area contributed by atoms with Crippen LogP contribution in [0.5, 0.6) is 0 Å². The Bertz CT molecular complexity index is 382. The number of hydrogen-bond donors (Lipinski definition) is 1. The van der Waals surface area contributed by atoms with Crippen LogP contribution in [0.3, 0.4) is 0 Å². The van der Waals surface area contributed by atoms with Gasteiger partial charge in [-0.1, -0.05) is 20.8 Å². The zero-order chi connectivity index (χ0) is 13.8. The molecular formula is C15H24O4. The summed E-state index contributed by atoms with van der Waals surface area (Å²) in [5.41, 5.74) is -0.0715. The lowest BCUT2D eigenvalue weighted by Crippen LogP contribution is -2.56. The van der Waals surface area contributed by atoms with Crippen molar-refractivity contribution in [3.8, 4) is 0 Å². The highest BCUT2D eigenvalue weighted by atomic mass is 17.1. The fourth-order valence-electron chi connectivity index (χ4n) is 5.01. The molecule has 2 unspecified atom stereocenters. The minimum absolute atomic E-state index is 0.0224. The van der Waals surface area contributed by atoms with Crippen LogP contribution in [0.4, 0.5) is 0 Å². The maximum absolute atomic E-state index is 11.9. The highest BCUT2D eigenvalue weighted by Crippen LogP contribution is 2.58. The van der Waals surface area contributed by atoms with Crippen LogP contribution in [-0.4, -0.2) is 23.4 Å². The predicted molar refractivity (Wildman–Crippen MR) is 69.3 cm³/mol. The third-order valence-corrected chi connectivity index (χ3v) is 6.18. The Kier molecular flexibility index (Phi) is 3.13.